The van der Waals surface area contributed by atoms with Crippen LogP contribution in [0.4, 0.5) is 5.69 Å². The molecule has 1 saturated carbocycles. The zero-order valence-electron chi connectivity index (χ0n) is 17.4. The van der Waals surface area contributed by atoms with Crippen LogP contribution in [0.3, 0.4) is 0 Å². The molecule has 1 aromatic heterocycles. The summed E-state index contributed by atoms with van der Waals surface area (Å²) in [5.74, 6) is -0.803. The second-order valence-electron chi connectivity index (χ2n) is 7.83. The Labute approximate surface area is 176 Å². The van der Waals surface area contributed by atoms with Gasteiger partial charge in [0.15, 0.2) is 6.61 Å². The average molecular weight is 402 g/mol. The summed E-state index contributed by atoms with van der Waals surface area (Å²) in [5, 5.41) is 2.88. The molecule has 0 bridgehead atoms. The van der Waals surface area contributed by atoms with Crippen molar-refractivity contribution in [2.45, 2.75) is 39.2 Å². The molecule has 1 N–H and O–H groups in total. The van der Waals surface area contributed by atoms with Gasteiger partial charge in [0.05, 0.1) is 5.56 Å². The van der Waals surface area contributed by atoms with Gasteiger partial charge in [-0.2, -0.15) is 0 Å². The molecule has 30 heavy (non-hydrogen) atoms. The smallest absolute Gasteiger partial charge is 0.340 e. The SMILES string of the molecule is Cc1cc(C(=O)OCC(=O)Nc2ccccc2Cc2ccccc2)c(C)n1C1CC1. The van der Waals surface area contributed by atoms with Crippen molar-refractivity contribution in [3.8, 4) is 0 Å². The molecule has 5 nitrogen and oxygen atoms in total. The maximum Gasteiger partial charge on any atom is 0.340 e. The van der Waals surface area contributed by atoms with E-state index in [9.17, 15) is 9.59 Å². The van der Waals surface area contributed by atoms with Crippen LogP contribution < -0.4 is 5.32 Å². The van der Waals surface area contributed by atoms with E-state index in [2.05, 4.69) is 22.0 Å². The summed E-state index contributed by atoms with van der Waals surface area (Å²) in [7, 11) is 0. The Morgan fingerprint density at radius 2 is 1.73 bits per heavy atom. The highest BCUT2D eigenvalue weighted by Gasteiger charge is 2.28. The maximum atomic E-state index is 12.5. The third-order valence-corrected chi connectivity index (χ3v) is 5.48. The van der Waals surface area contributed by atoms with E-state index in [-0.39, 0.29) is 12.5 Å². The number of benzene rings is 2. The molecule has 3 aromatic rings. The van der Waals surface area contributed by atoms with E-state index in [1.54, 1.807) is 0 Å². The third kappa shape index (κ3) is 4.46. The van der Waals surface area contributed by atoms with Crippen LogP contribution in [0.5, 0.6) is 0 Å². The summed E-state index contributed by atoms with van der Waals surface area (Å²) >= 11 is 0. The van der Waals surface area contributed by atoms with Crippen molar-refractivity contribution in [1.29, 1.82) is 0 Å². The van der Waals surface area contributed by atoms with E-state index in [1.807, 2.05) is 62.4 Å². The zero-order chi connectivity index (χ0) is 21.1. The fourth-order valence-corrected chi connectivity index (χ4v) is 3.89. The van der Waals surface area contributed by atoms with Crippen molar-refractivity contribution in [2.24, 2.45) is 0 Å². The highest BCUT2D eigenvalue weighted by Crippen LogP contribution is 2.38. The number of carbonyl (C=O) groups excluding carboxylic acids is 2. The van der Waals surface area contributed by atoms with Gasteiger partial charge in [0.25, 0.3) is 5.91 Å². The fourth-order valence-electron chi connectivity index (χ4n) is 3.89. The van der Waals surface area contributed by atoms with Gasteiger partial charge < -0.3 is 14.6 Å². The third-order valence-electron chi connectivity index (χ3n) is 5.48. The lowest BCUT2D eigenvalue weighted by molar-refractivity contribution is -0.119. The standard InChI is InChI=1S/C25H26N2O3/c1-17-14-22(18(2)27(17)21-12-13-21)25(29)30-16-24(28)26-23-11-7-6-10-20(23)15-19-8-4-3-5-9-19/h3-11,14,21H,12-13,15-16H2,1-2H3,(H,26,28). The number of hydrogen-bond donors (Lipinski definition) is 1. The van der Waals surface area contributed by atoms with Crippen molar-refractivity contribution in [2.75, 3.05) is 11.9 Å². The Bertz CT molecular complexity index is 1070. The Kier molecular flexibility index (Phi) is 5.70. The number of nitrogens with zero attached hydrogens (tertiary/aromatic N) is 1. The van der Waals surface area contributed by atoms with E-state index in [4.69, 9.17) is 4.74 Å². The van der Waals surface area contributed by atoms with Crippen molar-refractivity contribution in [3.05, 3.63) is 88.7 Å². The number of nitrogens with one attached hydrogen (secondary N) is 1. The summed E-state index contributed by atoms with van der Waals surface area (Å²) in [6.45, 7) is 3.62. The average Bonchev–Trinajstić information content (AvgIpc) is 3.53. The van der Waals surface area contributed by atoms with Gasteiger partial charge >= 0.3 is 5.97 Å². The topological polar surface area (TPSA) is 60.3 Å². The number of hydrogen-bond acceptors (Lipinski definition) is 3. The van der Waals surface area contributed by atoms with Crippen LogP contribution in [-0.2, 0) is 16.0 Å². The second kappa shape index (κ2) is 8.57. The van der Waals surface area contributed by atoms with Crippen LogP contribution in [0.2, 0.25) is 0 Å². The van der Waals surface area contributed by atoms with Crippen LogP contribution in [0.15, 0.2) is 60.7 Å². The van der Waals surface area contributed by atoms with E-state index in [1.165, 1.54) is 0 Å². The van der Waals surface area contributed by atoms with Gasteiger partial charge in [-0.3, -0.25) is 4.79 Å². The van der Waals surface area contributed by atoms with Crippen molar-refractivity contribution >= 4 is 17.6 Å². The molecule has 1 amide bonds. The van der Waals surface area contributed by atoms with E-state index >= 15 is 0 Å². The summed E-state index contributed by atoms with van der Waals surface area (Å²) < 4.78 is 7.50. The summed E-state index contributed by atoms with van der Waals surface area (Å²) in [6.07, 6.45) is 3.01. The minimum atomic E-state index is -0.456. The van der Waals surface area contributed by atoms with Gasteiger partial charge in [-0.15, -0.1) is 0 Å². The molecule has 1 aliphatic carbocycles. The van der Waals surface area contributed by atoms with E-state index < -0.39 is 5.97 Å². The van der Waals surface area contributed by atoms with Crippen LogP contribution in [0.1, 0.15) is 51.8 Å². The number of carbonyl (C=O) groups is 2. The largest absolute Gasteiger partial charge is 0.452 e. The minimum Gasteiger partial charge on any atom is -0.452 e. The molecule has 1 fully saturated rings. The normalized spacial score (nSPS) is 13.1. The molecular weight excluding hydrogens is 376 g/mol. The molecule has 0 radical (unpaired) electrons. The lowest BCUT2D eigenvalue weighted by atomic mass is 10.0. The number of amides is 1. The predicted molar refractivity (Wildman–Crippen MR) is 117 cm³/mol. The highest BCUT2D eigenvalue weighted by atomic mass is 16.5. The number of aromatic nitrogens is 1. The summed E-state index contributed by atoms with van der Waals surface area (Å²) in [5.41, 5.74) is 5.41. The summed E-state index contributed by atoms with van der Waals surface area (Å²) in [4.78, 5) is 25.0. The molecule has 0 atom stereocenters. The molecule has 0 aliphatic heterocycles. The molecular formula is C25H26N2O3. The first kappa shape index (κ1) is 20.0. The summed E-state index contributed by atoms with van der Waals surface area (Å²) in [6, 6.07) is 20.1. The van der Waals surface area contributed by atoms with Gasteiger partial charge in [-0.25, -0.2) is 4.79 Å². The lowest BCUT2D eigenvalue weighted by Crippen LogP contribution is -2.21. The second-order valence-corrected chi connectivity index (χ2v) is 7.83. The number of rotatable bonds is 7. The number of esters is 1. The highest BCUT2D eigenvalue weighted by molar-refractivity contribution is 5.96. The first-order chi connectivity index (χ1) is 14.5. The van der Waals surface area contributed by atoms with Gasteiger partial charge in [0.1, 0.15) is 0 Å². The van der Waals surface area contributed by atoms with Crippen molar-refractivity contribution in [1.82, 2.24) is 4.57 Å². The van der Waals surface area contributed by atoms with Crippen LogP contribution >= 0.6 is 0 Å². The molecule has 1 heterocycles. The van der Waals surface area contributed by atoms with Gasteiger partial charge in [-0.1, -0.05) is 48.5 Å². The zero-order valence-corrected chi connectivity index (χ0v) is 17.4. The van der Waals surface area contributed by atoms with Crippen molar-refractivity contribution < 1.29 is 14.3 Å². The Morgan fingerprint density at radius 1 is 1.03 bits per heavy atom. The number of aryl methyl sites for hydroxylation is 1. The van der Waals surface area contributed by atoms with Crippen LogP contribution in [0, 0.1) is 13.8 Å². The lowest BCUT2D eigenvalue weighted by Gasteiger charge is -2.12. The van der Waals surface area contributed by atoms with Gasteiger partial charge in [-0.05, 0) is 56.4 Å². The maximum absolute atomic E-state index is 12.5. The monoisotopic (exact) mass is 402 g/mol. The molecule has 154 valence electrons. The Morgan fingerprint density at radius 3 is 2.47 bits per heavy atom. The molecule has 0 unspecified atom stereocenters. The fraction of sp³-hybridized carbons (Fsp3) is 0.280. The van der Waals surface area contributed by atoms with E-state index in [0.29, 0.717) is 18.0 Å². The van der Waals surface area contributed by atoms with Crippen LogP contribution in [-0.4, -0.2) is 23.1 Å². The predicted octanol–water partition coefficient (Wildman–Crippen LogP) is 4.83. The van der Waals surface area contributed by atoms with Crippen molar-refractivity contribution in [3.63, 3.8) is 0 Å². The van der Waals surface area contributed by atoms with Crippen LogP contribution in [0.25, 0.3) is 0 Å². The Hall–Kier alpha value is -3.34. The van der Waals surface area contributed by atoms with E-state index in [0.717, 1.165) is 41.0 Å². The van der Waals surface area contributed by atoms with Gasteiger partial charge in [0, 0.05) is 23.1 Å². The quantitative estimate of drug-likeness (QED) is 0.576. The molecule has 5 heteroatoms. The molecule has 2 aromatic carbocycles. The number of ether oxygens (including phenoxy) is 1. The molecule has 4 rings (SSSR count). The first-order valence-corrected chi connectivity index (χ1v) is 10.3. The molecule has 1 aliphatic rings. The minimum absolute atomic E-state index is 0.314. The number of para-hydroxylation sites is 1. The van der Waals surface area contributed by atoms with Gasteiger partial charge in [0.2, 0.25) is 0 Å². The Balaban J connectivity index is 1.38. The molecule has 0 saturated heterocycles. The number of anilines is 1. The first-order valence-electron chi connectivity index (χ1n) is 10.3. The molecule has 0 spiro atoms.